The van der Waals surface area contributed by atoms with E-state index >= 15 is 0 Å². The van der Waals surface area contributed by atoms with E-state index in [4.69, 9.17) is 4.74 Å². The Bertz CT molecular complexity index is 1640. The van der Waals surface area contributed by atoms with Crippen LogP contribution in [0.1, 0.15) is 18.9 Å². The lowest BCUT2D eigenvalue weighted by molar-refractivity contribution is 0.412. The van der Waals surface area contributed by atoms with Crippen LogP contribution in [0.4, 0.5) is 15.8 Å². The van der Waals surface area contributed by atoms with Crippen molar-refractivity contribution in [3.63, 3.8) is 0 Å². The van der Waals surface area contributed by atoms with Gasteiger partial charge >= 0.3 is 5.69 Å². The van der Waals surface area contributed by atoms with Crippen molar-refractivity contribution in [3.05, 3.63) is 90.0 Å². The number of methoxy groups -OCH3 is 1. The van der Waals surface area contributed by atoms with Crippen LogP contribution in [0.2, 0.25) is 0 Å². The number of rotatable bonds is 5. The highest BCUT2D eigenvalue weighted by Gasteiger charge is 2.31. The van der Waals surface area contributed by atoms with Gasteiger partial charge in [0.25, 0.3) is 11.1 Å². The molecule has 1 N–H and O–H groups in total. The first-order chi connectivity index (χ1) is 16.3. The molecule has 0 radical (unpaired) electrons. The summed E-state index contributed by atoms with van der Waals surface area (Å²) in [7, 11) is 2.96. The van der Waals surface area contributed by atoms with E-state index in [1.807, 2.05) is 0 Å². The van der Waals surface area contributed by atoms with E-state index in [1.54, 1.807) is 30.3 Å². The molecule has 0 unspecified atom stereocenters. The maximum Gasteiger partial charge on any atom is 0.337 e. The fourth-order valence-electron chi connectivity index (χ4n) is 4.08. The monoisotopic (exact) mass is 526 g/mol. The number of nitrogens with zero attached hydrogens (tertiary/aromatic N) is 3. The summed E-state index contributed by atoms with van der Waals surface area (Å²) in [6, 6.07) is 12.3. The summed E-state index contributed by atoms with van der Waals surface area (Å²) < 4.78 is 24.4. The molecule has 8 nitrogen and oxygen atoms in total. The fraction of sp³-hybridized carbons (Fsp3) is 0.208. The zero-order valence-corrected chi connectivity index (χ0v) is 19.9. The first kappa shape index (κ1) is 22.1. The SMILES string of the molecule is COc1ccccc1-n1c(=O)n(C2CC2)c(=O)c2c(Nc3ccc(Br)cc3F)cc(=O)n(C)c21. The molecule has 2 aromatic heterocycles. The van der Waals surface area contributed by atoms with Gasteiger partial charge in [-0.3, -0.25) is 18.7 Å². The zero-order chi connectivity index (χ0) is 24.1. The molecule has 1 aliphatic rings. The number of nitrogens with one attached hydrogen (secondary N) is 1. The van der Waals surface area contributed by atoms with Crippen molar-refractivity contribution in [2.45, 2.75) is 18.9 Å². The van der Waals surface area contributed by atoms with E-state index in [-0.39, 0.29) is 28.5 Å². The number of hydrogen-bond acceptors (Lipinski definition) is 5. The van der Waals surface area contributed by atoms with Crippen LogP contribution < -0.4 is 26.9 Å². The third kappa shape index (κ3) is 3.54. The van der Waals surface area contributed by atoms with Gasteiger partial charge in [0.15, 0.2) is 0 Å². The summed E-state index contributed by atoms with van der Waals surface area (Å²) >= 11 is 3.22. The third-order valence-electron chi connectivity index (χ3n) is 5.89. The Morgan fingerprint density at radius 2 is 1.79 bits per heavy atom. The van der Waals surface area contributed by atoms with E-state index in [0.717, 1.165) is 0 Å². The Morgan fingerprint density at radius 3 is 2.47 bits per heavy atom. The second kappa shape index (κ2) is 8.28. The van der Waals surface area contributed by atoms with Crippen molar-refractivity contribution in [3.8, 4) is 11.4 Å². The number of halogens is 2. The van der Waals surface area contributed by atoms with E-state index in [0.29, 0.717) is 28.8 Å². The normalized spacial score (nSPS) is 13.3. The summed E-state index contributed by atoms with van der Waals surface area (Å²) in [5.74, 6) is -0.166. The molecule has 174 valence electrons. The number of pyridine rings is 1. The largest absolute Gasteiger partial charge is 0.495 e. The van der Waals surface area contributed by atoms with Gasteiger partial charge < -0.3 is 10.1 Å². The first-order valence-corrected chi connectivity index (χ1v) is 11.4. The minimum absolute atomic E-state index is 0.0870. The molecule has 0 amide bonds. The topological polar surface area (TPSA) is 87.3 Å². The number of ether oxygens (including phenoxy) is 1. The molecule has 4 aromatic rings. The molecule has 1 saturated carbocycles. The van der Waals surface area contributed by atoms with Crippen molar-refractivity contribution in [1.29, 1.82) is 0 Å². The smallest absolute Gasteiger partial charge is 0.337 e. The molecule has 0 aliphatic heterocycles. The molecule has 0 atom stereocenters. The number of anilines is 2. The van der Waals surface area contributed by atoms with Crippen LogP contribution in [0, 0.1) is 5.82 Å². The molecule has 10 heteroatoms. The number of aromatic nitrogens is 3. The minimum Gasteiger partial charge on any atom is -0.495 e. The van der Waals surface area contributed by atoms with Crippen LogP contribution in [-0.2, 0) is 7.05 Å². The zero-order valence-electron chi connectivity index (χ0n) is 18.3. The second-order valence-corrected chi connectivity index (χ2v) is 9.01. The van der Waals surface area contributed by atoms with Gasteiger partial charge in [-0.05, 0) is 43.2 Å². The highest BCUT2D eigenvalue weighted by atomic mass is 79.9. The Balaban J connectivity index is 1.92. The molecule has 0 bridgehead atoms. The van der Waals surface area contributed by atoms with Gasteiger partial charge in [-0.25, -0.2) is 13.8 Å². The van der Waals surface area contributed by atoms with Gasteiger partial charge in [0, 0.05) is 23.6 Å². The van der Waals surface area contributed by atoms with E-state index in [1.165, 1.54) is 46.1 Å². The summed E-state index contributed by atoms with van der Waals surface area (Å²) in [6.07, 6.45) is 1.39. The Kier molecular flexibility index (Phi) is 5.40. The molecule has 2 aromatic carbocycles. The predicted octanol–water partition coefficient (Wildman–Crippen LogP) is 3.84. The van der Waals surface area contributed by atoms with Crippen molar-refractivity contribution >= 4 is 38.3 Å². The summed E-state index contributed by atoms with van der Waals surface area (Å²) in [6.45, 7) is 0. The Morgan fingerprint density at radius 1 is 1.06 bits per heavy atom. The summed E-state index contributed by atoms with van der Waals surface area (Å²) in [4.78, 5) is 40.2. The Labute approximate surface area is 201 Å². The van der Waals surface area contributed by atoms with Crippen LogP contribution in [0.5, 0.6) is 5.75 Å². The molecular formula is C24H20BrFN4O4. The minimum atomic E-state index is -0.566. The van der Waals surface area contributed by atoms with E-state index < -0.39 is 22.6 Å². The standard InChI is InChI=1S/C24H20BrFN4O4/c1-28-20(31)12-17(27-16-10-7-13(25)11-15(16)26)21-22(28)30(18-5-3-4-6-19(18)34-2)24(33)29(23(21)32)14-8-9-14/h3-7,10-12,14,27H,8-9H2,1-2H3. The average Bonchev–Trinajstić information content (AvgIpc) is 3.64. The van der Waals surface area contributed by atoms with Gasteiger partial charge in [0.1, 0.15) is 22.6 Å². The second-order valence-electron chi connectivity index (χ2n) is 8.10. The maximum absolute atomic E-state index is 14.6. The van der Waals surface area contributed by atoms with Gasteiger partial charge in [0.05, 0.1) is 24.2 Å². The number of hydrogen-bond donors (Lipinski definition) is 1. The van der Waals surface area contributed by atoms with Gasteiger partial charge in [-0.1, -0.05) is 28.1 Å². The quantitative estimate of drug-likeness (QED) is 0.427. The van der Waals surface area contributed by atoms with Crippen molar-refractivity contribution < 1.29 is 9.13 Å². The number of benzene rings is 2. The molecule has 2 heterocycles. The van der Waals surface area contributed by atoms with Crippen molar-refractivity contribution in [1.82, 2.24) is 13.7 Å². The average molecular weight is 527 g/mol. The molecule has 1 aliphatic carbocycles. The Hall–Kier alpha value is -3.66. The lowest BCUT2D eigenvalue weighted by atomic mass is 10.2. The third-order valence-corrected chi connectivity index (χ3v) is 6.38. The fourth-order valence-corrected chi connectivity index (χ4v) is 4.42. The molecule has 0 spiro atoms. The molecule has 1 fully saturated rings. The summed E-state index contributed by atoms with van der Waals surface area (Å²) in [5.41, 5.74) is -0.900. The molecule has 34 heavy (non-hydrogen) atoms. The van der Waals surface area contributed by atoms with Gasteiger partial charge in [-0.2, -0.15) is 0 Å². The number of aryl methyl sites for hydroxylation is 1. The van der Waals surface area contributed by atoms with Crippen molar-refractivity contribution in [2.24, 2.45) is 7.05 Å². The molecular weight excluding hydrogens is 507 g/mol. The summed E-state index contributed by atoms with van der Waals surface area (Å²) in [5, 5.41) is 2.99. The molecule has 0 saturated heterocycles. The van der Waals surface area contributed by atoms with Crippen LogP contribution in [0.25, 0.3) is 16.7 Å². The van der Waals surface area contributed by atoms with Crippen LogP contribution in [0.3, 0.4) is 0 Å². The number of fused-ring (bicyclic) bond motifs is 1. The van der Waals surface area contributed by atoms with Crippen LogP contribution in [-0.4, -0.2) is 20.8 Å². The maximum atomic E-state index is 14.6. The van der Waals surface area contributed by atoms with Crippen LogP contribution in [0.15, 0.2) is 67.4 Å². The van der Waals surface area contributed by atoms with Crippen LogP contribution >= 0.6 is 15.9 Å². The van der Waals surface area contributed by atoms with Gasteiger partial charge in [0.2, 0.25) is 0 Å². The number of para-hydroxylation sites is 2. The predicted molar refractivity (Wildman–Crippen MR) is 131 cm³/mol. The van der Waals surface area contributed by atoms with Gasteiger partial charge in [-0.15, -0.1) is 0 Å². The first-order valence-electron chi connectivity index (χ1n) is 10.6. The van der Waals surface area contributed by atoms with E-state index in [9.17, 15) is 18.8 Å². The highest BCUT2D eigenvalue weighted by molar-refractivity contribution is 9.10. The van der Waals surface area contributed by atoms with Crippen molar-refractivity contribution in [2.75, 3.05) is 12.4 Å². The molecule has 5 rings (SSSR count). The lowest BCUT2D eigenvalue weighted by Crippen LogP contribution is -2.41. The van der Waals surface area contributed by atoms with E-state index in [2.05, 4.69) is 21.2 Å². The lowest BCUT2D eigenvalue weighted by Gasteiger charge is -2.20. The highest BCUT2D eigenvalue weighted by Crippen LogP contribution is 2.34.